The topological polar surface area (TPSA) is 17.1 Å². The van der Waals surface area contributed by atoms with Crippen LogP contribution >= 0.6 is 0 Å². The van der Waals surface area contributed by atoms with Crippen LogP contribution in [0.5, 0.6) is 0 Å². The molecule has 0 aromatic heterocycles. The molecule has 1 unspecified atom stereocenters. The van der Waals surface area contributed by atoms with Gasteiger partial charge in [-0.15, -0.1) is 0 Å². The first kappa shape index (κ1) is 10.0. The van der Waals surface area contributed by atoms with Crippen LogP contribution in [0.1, 0.15) is 13.3 Å². The van der Waals surface area contributed by atoms with Gasteiger partial charge in [0.05, 0.1) is 0 Å². The Kier molecular flexibility index (Phi) is 2.59. The molecular weight excluding hydrogens is 181 g/mol. The van der Waals surface area contributed by atoms with Gasteiger partial charge < -0.3 is 0 Å². The first-order valence-corrected chi connectivity index (χ1v) is 3.88. The lowest BCUT2D eigenvalue weighted by Gasteiger charge is -2.19. The smallest absolute Gasteiger partial charge is 0.298 e. The number of hydrogen-bond donors (Lipinski definition) is 0. The average molecular weight is 190 g/mol. The summed E-state index contributed by atoms with van der Waals surface area (Å²) in [6, 6.07) is 0. The van der Waals surface area contributed by atoms with Crippen molar-refractivity contribution in [2.45, 2.75) is 19.5 Å². The SMILES string of the molecule is CC1CC(C(F)(F)F)=CC=C1C=O. The summed E-state index contributed by atoms with van der Waals surface area (Å²) in [6.07, 6.45) is -1.55. The van der Waals surface area contributed by atoms with Gasteiger partial charge in [0.25, 0.3) is 0 Å². The second-order valence-electron chi connectivity index (χ2n) is 3.08. The van der Waals surface area contributed by atoms with E-state index in [-0.39, 0.29) is 12.3 Å². The summed E-state index contributed by atoms with van der Waals surface area (Å²) >= 11 is 0. The summed E-state index contributed by atoms with van der Waals surface area (Å²) in [7, 11) is 0. The first-order chi connectivity index (χ1) is 5.95. The number of allylic oxidation sites excluding steroid dienone is 4. The third kappa shape index (κ3) is 2.20. The van der Waals surface area contributed by atoms with E-state index < -0.39 is 11.7 Å². The van der Waals surface area contributed by atoms with Crippen LogP contribution in [0.15, 0.2) is 23.3 Å². The van der Waals surface area contributed by atoms with Crippen LogP contribution in [0, 0.1) is 5.92 Å². The molecule has 0 saturated carbocycles. The van der Waals surface area contributed by atoms with E-state index in [4.69, 9.17) is 0 Å². The average Bonchev–Trinajstić information content (AvgIpc) is 2.02. The summed E-state index contributed by atoms with van der Waals surface area (Å²) in [5.41, 5.74) is -0.140. The minimum absolute atomic E-state index is 0.103. The van der Waals surface area contributed by atoms with Gasteiger partial charge in [-0.25, -0.2) is 0 Å². The van der Waals surface area contributed by atoms with E-state index in [2.05, 4.69) is 0 Å². The van der Waals surface area contributed by atoms with Crippen LogP contribution in [0.3, 0.4) is 0 Å². The van der Waals surface area contributed by atoms with Crippen molar-refractivity contribution < 1.29 is 18.0 Å². The van der Waals surface area contributed by atoms with Gasteiger partial charge in [0.1, 0.15) is 6.29 Å². The van der Waals surface area contributed by atoms with E-state index in [0.29, 0.717) is 11.9 Å². The van der Waals surface area contributed by atoms with E-state index in [0.717, 1.165) is 6.08 Å². The van der Waals surface area contributed by atoms with Crippen molar-refractivity contribution in [3.05, 3.63) is 23.3 Å². The molecule has 0 aromatic rings. The highest BCUT2D eigenvalue weighted by atomic mass is 19.4. The van der Waals surface area contributed by atoms with Crippen molar-refractivity contribution in [1.82, 2.24) is 0 Å². The Morgan fingerprint density at radius 1 is 1.46 bits per heavy atom. The van der Waals surface area contributed by atoms with Gasteiger partial charge in [0, 0.05) is 5.57 Å². The Labute approximate surface area is 73.9 Å². The number of alkyl halides is 3. The monoisotopic (exact) mass is 190 g/mol. The maximum Gasteiger partial charge on any atom is 0.412 e. The second-order valence-corrected chi connectivity index (χ2v) is 3.08. The molecule has 0 bridgehead atoms. The Morgan fingerprint density at radius 3 is 2.46 bits per heavy atom. The summed E-state index contributed by atoms with van der Waals surface area (Å²) in [6.45, 7) is 1.61. The number of carbonyl (C=O) groups is 1. The number of carbonyl (C=O) groups excluding carboxylic acids is 1. The number of hydrogen-bond acceptors (Lipinski definition) is 1. The summed E-state index contributed by atoms with van der Waals surface area (Å²) < 4.78 is 36.5. The Bertz CT molecular complexity index is 273. The van der Waals surface area contributed by atoms with E-state index in [1.807, 2.05) is 0 Å². The van der Waals surface area contributed by atoms with Crippen LogP contribution < -0.4 is 0 Å². The Morgan fingerprint density at radius 2 is 2.08 bits per heavy atom. The molecule has 13 heavy (non-hydrogen) atoms. The van der Waals surface area contributed by atoms with Crippen molar-refractivity contribution >= 4 is 6.29 Å². The van der Waals surface area contributed by atoms with Crippen LogP contribution in [0.2, 0.25) is 0 Å². The molecule has 0 radical (unpaired) electrons. The highest BCUT2D eigenvalue weighted by Crippen LogP contribution is 2.34. The van der Waals surface area contributed by atoms with E-state index in [1.54, 1.807) is 6.92 Å². The number of aldehydes is 1. The van der Waals surface area contributed by atoms with Crippen molar-refractivity contribution in [3.8, 4) is 0 Å². The molecule has 1 aliphatic carbocycles. The maximum absolute atomic E-state index is 12.2. The summed E-state index contributed by atoms with van der Waals surface area (Å²) in [4.78, 5) is 10.3. The maximum atomic E-state index is 12.2. The van der Waals surface area contributed by atoms with Crippen LogP contribution in [0.25, 0.3) is 0 Å². The van der Waals surface area contributed by atoms with Crippen LogP contribution in [0.4, 0.5) is 13.2 Å². The molecule has 0 fully saturated rings. The molecular formula is C9H9F3O. The van der Waals surface area contributed by atoms with E-state index in [9.17, 15) is 18.0 Å². The van der Waals surface area contributed by atoms with Gasteiger partial charge in [0.15, 0.2) is 0 Å². The second kappa shape index (κ2) is 3.36. The van der Waals surface area contributed by atoms with Crippen molar-refractivity contribution in [2.75, 3.05) is 0 Å². The minimum atomic E-state index is -4.26. The van der Waals surface area contributed by atoms with Gasteiger partial charge >= 0.3 is 6.18 Å². The van der Waals surface area contributed by atoms with Crippen molar-refractivity contribution in [2.24, 2.45) is 5.92 Å². The van der Waals surface area contributed by atoms with Gasteiger partial charge in [0.2, 0.25) is 0 Å². The molecule has 0 N–H and O–H groups in total. The quantitative estimate of drug-likeness (QED) is 0.581. The third-order valence-electron chi connectivity index (χ3n) is 2.07. The van der Waals surface area contributed by atoms with Crippen molar-refractivity contribution in [1.29, 1.82) is 0 Å². The lowest BCUT2D eigenvalue weighted by Crippen LogP contribution is -2.18. The minimum Gasteiger partial charge on any atom is -0.298 e. The molecule has 1 atom stereocenters. The zero-order valence-electron chi connectivity index (χ0n) is 7.06. The molecule has 0 spiro atoms. The lowest BCUT2D eigenvalue weighted by molar-refractivity contribution is -0.106. The molecule has 1 aliphatic rings. The molecule has 1 rings (SSSR count). The molecule has 1 nitrogen and oxygen atoms in total. The zero-order chi connectivity index (χ0) is 10.1. The normalized spacial score (nSPS) is 23.5. The molecule has 0 heterocycles. The third-order valence-corrected chi connectivity index (χ3v) is 2.07. The molecule has 0 amide bonds. The fourth-order valence-electron chi connectivity index (χ4n) is 1.24. The molecule has 0 aliphatic heterocycles. The predicted molar refractivity (Wildman–Crippen MR) is 42.1 cm³/mol. The van der Waals surface area contributed by atoms with Gasteiger partial charge in [-0.1, -0.05) is 19.1 Å². The van der Waals surface area contributed by atoms with Crippen LogP contribution in [-0.4, -0.2) is 12.5 Å². The first-order valence-electron chi connectivity index (χ1n) is 3.88. The van der Waals surface area contributed by atoms with Crippen molar-refractivity contribution in [3.63, 3.8) is 0 Å². The molecule has 0 saturated heterocycles. The number of halogens is 3. The molecule has 0 aromatic carbocycles. The Hall–Kier alpha value is -1.06. The highest BCUT2D eigenvalue weighted by Gasteiger charge is 2.35. The lowest BCUT2D eigenvalue weighted by atomic mass is 9.89. The molecule has 4 heteroatoms. The van der Waals surface area contributed by atoms with E-state index >= 15 is 0 Å². The standard InChI is InChI=1S/C9H9F3O/c1-6-4-8(9(10,11)12)3-2-7(6)5-13/h2-3,5-6H,4H2,1H3. The largest absolute Gasteiger partial charge is 0.412 e. The zero-order valence-corrected chi connectivity index (χ0v) is 7.06. The predicted octanol–water partition coefficient (Wildman–Crippen LogP) is 2.64. The van der Waals surface area contributed by atoms with Gasteiger partial charge in [-0.05, 0) is 17.9 Å². The van der Waals surface area contributed by atoms with Gasteiger partial charge in [-0.3, -0.25) is 4.79 Å². The number of rotatable bonds is 1. The highest BCUT2D eigenvalue weighted by molar-refractivity contribution is 5.75. The van der Waals surface area contributed by atoms with Crippen LogP contribution in [-0.2, 0) is 4.79 Å². The Balaban J connectivity index is 2.90. The summed E-state index contributed by atoms with van der Waals surface area (Å²) in [5.74, 6) is -0.334. The summed E-state index contributed by atoms with van der Waals surface area (Å²) in [5, 5.41) is 0. The van der Waals surface area contributed by atoms with E-state index in [1.165, 1.54) is 6.08 Å². The molecule has 72 valence electrons. The fraction of sp³-hybridized carbons (Fsp3) is 0.444. The fourth-order valence-corrected chi connectivity index (χ4v) is 1.24. The van der Waals surface area contributed by atoms with Gasteiger partial charge in [-0.2, -0.15) is 13.2 Å².